The predicted molar refractivity (Wildman–Crippen MR) is 41.6 cm³/mol. The van der Waals surface area contributed by atoms with Gasteiger partial charge in [0.1, 0.15) is 0 Å². The Balaban J connectivity index is 1.99. The van der Waals surface area contributed by atoms with E-state index in [0.29, 0.717) is 19.2 Å². The van der Waals surface area contributed by atoms with Crippen molar-refractivity contribution in [3.8, 4) is 0 Å². The average Bonchev–Trinajstić information content (AvgIpc) is 2.88. The maximum atomic E-state index is 11.5. The molecular formula is C8H13NO3. The molecule has 0 aromatic carbocycles. The van der Waals surface area contributed by atoms with Gasteiger partial charge < -0.3 is 14.7 Å². The minimum absolute atomic E-state index is 0.0359. The molecule has 1 saturated carbocycles. The number of hydrogen-bond acceptors (Lipinski definition) is 3. The SMILES string of the molecule is O=C1C(CO)OCCN1C1CC1. The number of morpholine rings is 1. The average molecular weight is 171 g/mol. The van der Waals surface area contributed by atoms with E-state index in [1.807, 2.05) is 4.90 Å². The molecule has 2 aliphatic rings. The van der Waals surface area contributed by atoms with Gasteiger partial charge in [-0.1, -0.05) is 0 Å². The fourth-order valence-electron chi connectivity index (χ4n) is 1.54. The van der Waals surface area contributed by atoms with E-state index in [-0.39, 0.29) is 12.5 Å². The summed E-state index contributed by atoms with van der Waals surface area (Å²) in [6.07, 6.45) is 1.63. The number of amides is 1. The van der Waals surface area contributed by atoms with Crippen LogP contribution in [0.25, 0.3) is 0 Å². The Morgan fingerprint density at radius 1 is 1.58 bits per heavy atom. The number of ether oxygens (including phenoxy) is 1. The Kier molecular flexibility index (Phi) is 2.02. The second-order valence-electron chi connectivity index (χ2n) is 3.30. The van der Waals surface area contributed by atoms with Crippen LogP contribution in [0.5, 0.6) is 0 Å². The van der Waals surface area contributed by atoms with E-state index in [0.717, 1.165) is 12.8 Å². The molecular weight excluding hydrogens is 158 g/mol. The Morgan fingerprint density at radius 3 is 2.92 bits per heavy atom. The van der Waals surface area contributed by atoms with E-state index in [2.05, 4.69) is 0 Å². The third-order valence-electron chi connectivity index (χ3n) is 2.36. The van der Waals surface area contributed by atoms with Crippen LogP contribution in [0.1, 0.15) is 12.8 Å². The van der Waals surface area contributed by atoms with Gasteiger partial charge in [-0.2, -0.15) is 0 Å². The summed E-state index contributed by atoms with van der Waals surface area (Å²) in [6.45, 7) is 1.06. The summed E-state index contributed by atoms with van der Waals surface area (Å²) in [5.41, 5.74) is 0. The third kappa shape index (κ3) is 1.32. The van der Waals surface area contributed by atoms with Crippen LogP contribution in [-0.4, -0.2) is 47.8 Å². The van der Waals surface area contributed by atoms with E-state index in [4.69, 9.17) is 9.84 Å². The van der Waals surface area contributed by atoms with Crippen molar-refractivity contribution in [3.05, 3.63) is 0 Å². The Labute approximate surface area is 71.1 Å². The molecule has 1 aliphatic heterocycles. The quantitative estimate of drug-likeness (QED) is 0.601. The largest absolute Gasteiger partial charge is 0.393 e. The summed E-state index contributed by atoms with van der Waals surface area (Å²) in [7, 11) is 0. The Hall–Kier alpha value is -0.610. The topological polar surface area (TPSA) is 49.8 Å². The van der Waals surface area contributed by atoms with Crippen LogP contribution in [0.4, 0.5) is 0 Å². The van der Waals surface area contributed by atoms with Crippen molar-refractivity contribution in [2.45, 2.75) is 25.0 Å². The Bertz CT molecular complexity index is 191. The van der Waals surface area contributed by atoms with Crippen LogP contribution in [0.2, 0.25) is 0 Å². The van der Waals surface area contributed by atoms with Gasteiger partial charge in [-0.3, -0.25) is 4.79 Å². The summed E-state index contributed by atoms with van der Waals surface area (Å²) in [5, 5.41) is 8.81. The fourth-order valence-corrected chi connectivity index (χ4v) is 1.54. The van der Waals surface area contributed by atoms with E-state index < -0.39 is 6.10 Å². The molecule has 0 aromatic rings. The molecule has 0 spiro atoms. The van der Waals surface area contributed by atoms with Gasteiger partial charge in [0.2, 0.25) is 0 Å². The van der Waals surface area contributed by atoms with Gasteiger partial charge in [-0.25, -0.2) is 0 Å². The molecule has 4 heteroatoms. The maximum Gasteiger partial charge on any atom is 0.254 e. The number of nitrogens with zero attached hydrogens (tertiary/aromatic N) is 1. The molecule has 2 rings (SSSR count). The lowest BCUT2D eigenvalue weighted by Gasteiger charge is -2.31. The first-order valence-corrected chi connectivity index (χ1v) is 4.36. The first kappa shape index (κ1) is 8.01. The zero-order chi connectivity index (χ0) is 8.55. The van der Waals surface area contributed by atoms with Crippen molar-refractivity contribution in [1.82, 2.24) is 4.90 Å². The lowest BCUT2D eigenvalue weighted by Crippen LogP contribution is -2.50. The zero-order valence-corrected chi connectivity index (χ0v) is 6.90. The van der Waals surface area contributed by atoms with Crippen LogP contribution in [0.15, 0.2) is 0 Å². The first-order chi connectivity index (χ1) is 5.83. The predicted octanol–water partition coefficient (Wildman–Crippen LogP) is -0.632. The normalized spacial score (nSPS) is 30.9. The van der Waals surface area contributed by atoms with E-state index >= 15 is 0 Å². The molecule has 68 valence electrons. The zero-order valence-electron chi connectivity index (χ0n) is 6.90. The van der Waals surface area contributed by atoms with Crippen LogP contribution < -0.4 is 0 Å². The monoisotopic (exact) mass is 171 g/mol. The standard InChI is InChI=1S/C8H13NO3/c10-5-7-8(11)9(3-4-12-7)6-1-2-6/h6-7,10H,1-5H2. The molecule has 12 heavy (non-hydrogen) atoms. The van der Waals surface area contributed by atoms with Crippen LogP contribution in [0, 0.1) is 0 Å². The summed E-state index contributed by atoms with van der Waals surface area (Å²) < 4.78 is 5.11. The van der Waals surface area contributed by atoms with Gasteiger partial charge in [-0.15, -0.1) is 0 Å². The van der Waals surface area contributed by atoms with Crippen molar-refractivity contribution in [2.75, 3.05) is 19.8 Å². The van der Waals surface area contributed by atoms with E-state index in [9.17, 15) is 4.79 Å². The molecule has 0 aromatic heterocycles. The lowest BCUT2D eigenvalue weighted by atomic mass is 10.2. The summed E-state index contributed by atoms with van der Waals surface area (Å²) in [6, 6.07) is 0.440. The molecule has 0 radical (unpaired) electrons. The molecule has 2 fully saturated rings. The van der Waals surface area contributed by atoms with Gasteiger partial charge in [0.15, 0.2) is 6.10 Å². The molecule has 4 nitrogen and oxygen atoms in total. The highest BCUT2D eigenvalue weighted by Gasteiger charge is 2.38. The molecule has 0 bridgehead atoms. The number of carbonyl (C=O) groups excluding carboxylic acids is 1. The second kappa shape index (κ2) is 3.03. The molecule has 1 atom stereocenters. The van der Waals surface area contributed by atoms with Crippen molar-refractivity contribution in [3.63, 3.8) is 0 Å². The summed E-state index contributed by atoms with van der Waals surface area (Å²) in [5.74, 6) is -0.0359. The minimum atomic E-state index is -0.598. The molecule has 1 aliphatic carbocycles. The second-order valence-corrected chi connectivity index (χ2v) is 3.30. The number of aliphatic hydroxyl groups excluding tert-OH is 1. The number of carbonyl (C=O) groups is 1. The molecule has 1 saturated heterocycles. The summed E-state index contributed by atoms with van der Waals surface area (Å²) >= 11 is 0. The van der Waals surface area contributed by atoms with E-state index in [1.165, 1.54) is 0 Å². The van der Waals surface area contributed by atoms with Crippen LogP contribution in [-0.2, 0) is 9.53 Å². The highest BCUT2D eigenvalue weighted by Crippen LogP contribution is 2.28. The van der Waals surface area contributed by atoms with Crippen molar-refractivity contribution in [1.29, 1.82) is 0 Å². The van der Waals surface area contributed by atoms with Crippen molar-refractivity contribution in [2.24, 2.45) is 0 Å². The van der Waals surface area contributed by atoms with Gasteiger partial charge in [-0.05, 0) is 12.8 Å². The minimum Gasteiger partial charge on any atom is -0.393 e. The summed E-state index contributed by atoms with van der Waals surface area (Å²) in [4.78, 5) is 13.3. The van der Waals surface area contributed by atoms with Gasteiger partial charge >= 0.3 is 0 Å². The molecule has 1 heterocycles. The van der Waals surface area contributed by atoms with Gasteiger partial charge in [0.05, 0.1) is 13.2 Å². The third-order valence-corrected chi connectivity index (χ3v) is 2.36. The highest BCUT2D eigenvalue weighted by atomic mass is 16.5. The first-order valence-electron chi connectivity index (χ1n) is 4.36. The Morgan fingerprint density at radius 2 is 2.33 bits per heavy atom. The highest BCUT2D eigenvalue weighted by molar-refractivity contribution is 5.82. The van der Waals surface area contributed by atoms with Crippen LogP contribution in [0.3, 0.4) is 0 Å². The fraction of sp³-hybridized carbons (Fsp3) is 0.875. The van der Waals surface area contributed by atoms with E-state index in [1.54, 1.807) is 0 Å². The van der Waals surface area contributed by atoms with Crippen molar-refractivity contribution >= 4 is 5.91 Å². The maximum absolute atomic E-state index is 11.5. The van der Waals surface area contributed by atoms with Gasteiger partial charge in [0.25, 0.3) is 5.91 Å². The lowest BCUT2D eigenvalue weighted by molar-refractivity contribution is -0.156. The van der Waals surface area contributed by atoms with Crippen molar-refractivity contribution < 1.29 is 14.6 Å². The molecule has 1 N–H and O–H groups in total. The number of rotatable bonds is 2. The molecule has 1 unspecified atom stereocenters. The van der Waals surface area contributed by atoms with Crippen LogP contribution >= 0.6 is 0 Å². The number of aliphatic hydroxyl groups is 1. The smallest absolute Gasteiger partial charge is 0.254 e. The number of hydrogen-bond donors (Lipinski definition) is 1. The molecule has 1 amide bonds. The van der Waals surface area contributed by atoms with Gasteiger partial charge in [0, 0.05) is 12.6 Å².